The smallest absolute Gasteiger partial charge is 0.244 e. The lowest BCUT2D eigenvalue weighted by atomic mass is 10.0. The van der Waals surface area contributed by atoms with E-state index in [4.69, 9.17) is 0 Å². The van der Waals surface area contributed by atoms with E-state index in [9.17, 15) is 9.90 Å². The van der Waals surface area contributed by atoms with Crippen LogP contribution in [0.15, 0.2) is 48.8 Å². The Hall–Kier alpha value is -2.40. The van der Waals surface area contributed by atoms with Crippen LogP contribution in [0.5, 0.6) is 5.75 Å². The van der Waals surface area contributed by atoms with Gasteiger partial charge in [-0.1, -0.05) is 12.1 Å². The molecule has 0 saturated carbocycles. The third kappa shape index (κ3) is 4.57. The highest BCUT2D eigenvalue weighted by molar-refractivity contribution is 5.97. The molecule has 0 bridgehead atoms. The summed E-state index contributed by atoms with van der Waals surface area (Å²) < 4.78 is 0. The summed E-state index contributed by atoms with van der Waals surface area (Å²) in [5.41, 5.74) is 2.06. The predicted octanol–water partition coefficient (Wildman–Crippen LogP) is 2.89. The number of pyridine rings is 1. The number of amides is 1. The van der Waals surface area contributed by atoms with Crippen molar-refractivity contribution < 1.29 is 9.90 Å². The minimum atomic E-state index is -0.135. The van der Waals surface area contributed by atoms with Crippen LogP contribution in [0.4, 0.5) is 5.69 Å². The lowest BCUT2D eigenvalue weighted by Crippen LogP contribution is -2.53. The van der Waals surface area contributed by atoms with Crippen LogP contribution in [-0.2, 0) is 11.2 Å². The molecule has 1 aliphatic rings. The molecule has 0 spiro atoms. The largest absolute Gasteiger partial charge is 0.508 e. The third-order valence-corrected chi connectivity index (χ3v) is 4.68. The van der Waals surface area contributed by atoms with E-state index in [0.717, 1.165) is 37.9 Å². The van der Waals surface area contributed by atoms with Crippen LogP contribution < -0.4 is 10.2 Å². The number of phenolic OH excluding ortho intramolecular Hbond substituents is 1. The van der Waals surface area contributed by atoms with Gasteiger partial charge in [-0.15, -0.1) is 0 Å². The molecule has 0 aliphatic carbocycles. The number of piperidine rings is 1. The van der Waals surface area contributed by atoms with Crippen molar-refractivity contribution >= 4 is 11.6 Å². The van der Waals surface area contributed by atoms with Crippen LogP contribution in [-0.4, -0.2) is 34.6 Å². The summed E-state index contributed by atoms with van der Waals surface area (Å²) >= 11 is 0. The second kappa shape index (κ2) is 8.12. The average molecular weight is 339 g/mol. The van der Waals surface area contributed by atoms with Gasteiger partial charge in [0.05, 0.1) is 17.9 Å². The highest BCUT2D eigenvalue weighted by Crippen LogP contribution is 2.20. The van der Waals surface area contributed by atoms with Crippen LogP contribution in [0, 0.1) is 0 Å². The number of benzene rings is 1. The van der Waals surface area contributed by atoms with Gasteiger partial charge >= 0.3 is 0 Å². The van der Waals surface area contributed by atoms with Crippen molar-refractivity contribution in [2.75, 3.05) is 11.4 Å². The Kier molecular flexibility index (Phi) is 5.66. The van der Waals surface area contributed by atoms with Gasteiger partial charge in [0.1, 0.15) is 5.75 Å². The number of nitrogens with zero attached hydrogens (tertiary/aromatic N) is 2. The molecule has 2 atom stereocenters. The Morgan fingerprint density at radius 3 is 2.84 bits per heavy atom. The van der Waals surface area contributed by atoms with Crippen LogP contribution in [0.1, 0.15) is 31.7 Å². The van der Waals surface area contributed by atoms with Crippen molar-refractivity contribution in [3.05, 3.63) is 54.4 Å². The molecule has 2 aromatic rings. The molecule has 1 aliphatic heterocycles. The van der Waals surface area contributed by atoms with Crippen molar-refractivity contribution in [2.45, 2.75) is 44.7 Å². The van der Waals surface area contributed by atoms with Crippen molar-refractivity contribution in [3.8, 4) is 5.75 Å². The number of hydrogen-bond donors (Lipinski definition) is 2. The highest BCUT2D eigenvalue weighted by Gasteiger charge is 2.30. The average Bonchev–Trinajstić information content (AvgIpc) is 2.64. The molecule has 0 radical (unpaired) electrons. The van der Waals surface area contributed by atoms with Gasteiger partial charge < -0.3 is 15.3 Å². The minimum absolute atomic E-state index is 0.135. The first-order valence-corrected chi connectivity index (χ1v) is 8.89. The third-order valence-electron chi connectivity index (χ3n) is 4.68. The fourth-order valence-corrected chi connectivity index (χ4v) is 3.27. The van der Waals surface area contributed by atoms with Crippen molar-refractivity contribution in [2.24, 2.45) is 0 Å². The molecule has 1 aromatic heterocycles. The zero-order chi connectivity index (χ0) is 17.6. The lowest BCUT2D eigenvalue weighted by molar-refractivity contribution is -0.122. The summed E-state index contributed by atoms with van der Waals surface area (Å²) in [5.74, 6) is 0.425. The molecule has 5 nitrogen and oxygen atoms in total. The standard InChI is InChI=1S/C20H25N3O2/c1-15(6-7-16-8-10-18(24)11-9-16)22-19-5-3-13-23(20(19)25)17-4-2-12-21-14-17/h2,4,8-12,14-15,19,22,24H,3,5-7,13H2,1H3. The van der Waals surface area contributed by atoms with E-state index >= 15 is 0 Å². The monoisotopic (exact) mass is 339 g/mol. The number of carbonyl (C=O) groups is 1. The Morgan fingerprint density at radius 1 is 1.32 bits per heavy atom. The Morgan fingerprint density at radius 2 is 2.12 bits per heavy atom. The van der Waals surface area contributed by atoms with E-state index in [1.165, 1.54) is 5.56 Å². The zero-order valence-electron chi connectivity index (χ0n) is 14.6. The number of anilines is 1. The molecule has 5 heteroatoms. The van der Waals surface area contributed by atoms with Crippen molar-refractivity contribution in [1.29, 1.82) is 0 Å². The van der Waals surface area contributed by atoms with E-state index in [1.54, 1.807) is 24.5 Å². The van der Waals surface area contributed by atoms with E-state index in [2.05, 4.69) is 17.2 Å². The number of aryl methyl sites for hydroxylation is 1. The topological polar surface area (TPSA) is 65.5 Å². The number of nitrogens with one attached hydrogen (secondary N) is 1. The first-order chi connectivity index (χ1) is 12.1. The Labute approximate surface area is 148 Å². The normalized spacial score (nSPS) is 19.0. The first kappa shape index (κ1) is 17.4. The Balaban J connectivity index is 1.54. The van der Waals surface area contributed by atoms with Gasteiger partial charge in [-0.05, 0) is 62.4 Å². The summed E-state index contributed by atoms with van der Waals surface area (Å²) in [7, 11) is 0. The summed E-state index contributed by atoms with van der Waals surface area (Å²) in [6.07, 6.45) is 7.19. The molecular formula is C20H25N3O2. The van der Waals surface area contributed by atoms with Crippen LogP contribution in [0.25, 0.3) is 0 Å². The van der Waals surface area contributed by atoms with Crippen molar-refractivity contribution in [1.82, 2.24) is 10.3 Å². The maximum absolute atomic E-state index is 12.8. The zero-order valence-corrected chi connectivity index (χ0v) is 14.6. The molecule has 132 valence electrons. The molecule has 1 aromatic carbocycles. The number of aromatic nitrogens is 1. The number of hydrogen-bond acceptors (Lipinski definition) is 4. The molecule has 2 N–H and O–H groups in total. The Bertz CT molecular complexity index is 688. The van der Waals surface area contributed by atoms with Crippen molar-refractivity contribution in [3.63, 3.8) is 0 Å². The minimum Gasteiger partial charge on any atom is -0.508 e. The van der Waals surface area contributed by atoms with Gasteiger partial charge in [-0.3, -0.25) is 9.78 Å². The summed E-state index contributed by atoms with van der Waals surface area (Å²) in [4.78, 5) is 18.7. The van der Waals surface area contributed by atoms with E-state index < -0.39 is 0 Å². The molecular weight excluding hydrogens is 314 g/mol. The van der Waals surface area contributed by atoms with Gasteiger partial charge in [0.25, 0.3) is 0 Å². The van der Waals surface area contributed by atoms with E-state index in [0.29, 0.717) is 5.75 Å². The molecule has 3 rings (SSSR count). The number of aromatic hydroxyl groups is 1. The van der Waals surface area contributed by atoms with Gasteiger partial charge in [-0.2, -0.15) is 0 Å². The summed E-state index contributed by atoms with van der Waals surface area (Å²) in [6.45, 7) is 2.88. The quantitative estimate of drug-likeness (QED) is 0.849. The second-order valence-electron chi connectivity index (χ2n) is 6.67. The van der Waals surface area contributed by atoms with Gasteiger partial charge in [0, 0.05) is 18.8 Å². The number of carbonyl (C=O) groups excluding carboxylic acids is 1. The molecule has 2 unspecified atom stereocenters. The molecule has 1 fully saturated rings. The predicted molar refractivity (Wildman–Crippen MR) is 98.6 cm³/mol. The fourth-order valence-electron chi connectivity index (χ4n) is 3.27. The fraction of sp³-hybridized carbons (Fsp3) is 0.400. The van der Waals surface area contributed by atoms with Crippen LogP contribution >= 0.6 is 0 Å². The molecule has 25 heavy (non-hydrogen) atoms. The molecule has 1 saturated heterocycles. The SMILES string of the molecule is CC(CCc1ccc(O)cc1)NC1CCCN(c2cccnc2)C1=O. The van der Waals surface area contributed by atoms with Crippen LogP contribution in [0.2, 0.25) is 0 Å². The van der Waals surface area contributed by atoms with Crippen LogP contribution in [0.3, 0.4) is 0 Å². The number of rotatable bonds is 6. The lowest BCUT2D eigenvalue weighted by Gasteiger charge is -2.34. The summed E-state index contributed by atoms with van der Waals surface area (Å²) in [6, 6.07) is 11.2. The second-order valence-corrected chi connectivity index (χ2v) is 6.67. The highest BCUT2D eigenvalue weighted by atomic mass is 16.3. The maximum atomic E-state index is 12.8. The summed E-state index contributed by atoms with van der Waals surface area (Å²) in [5, 5.41) is 12.8. The first-order valence-electron chi connectivity index (χ1n) is 8.89. The molecule has 2 heterocycles. The molecule has 1 amide bonds. The van der Waals surface area contributed by atoms with Gasteiger partial charge in [0.15, 0.2) is 0 Å². The van der Waals surface area contributed by atoms with Gasteiger partial charge in [-0.25, -0.2) is 0 Å². The van der Waals surface area contributed by atoms with E-state index in [-0.39, 0.29) is 18.0 Å². The maximum Gasteiger partial charge on any atom is 0.244 e. The van der Waals surface area contributed by atoms with E-state index in [1.807, 2.05) is 29.2 Å². The van der Waals surface area contributed by atoms with Gasteiger partial charge in [0.2, 0.25) is 5.91 Å². The number of phenols is 1.